The molecule has 3 heteroatoms. The van der Waals surface area contributed by atoms with E-state index in [0.29, 0.717) is 0 Å². The molecule has 0 fully saturated rings. The smallest absolute Gasteiger partial charge is 0.0504 e. The molecule has 0 aliphatic carbocycles. The quantitative estimate of drug-likeness (QED) is 0.667. The number of pyridine rings is 1. The van der Waals surface area contributed by atoms with Gasteiger partial charge in [-0.15, -0.1) is 0 Å². The van der Waals surface area contributed by atoms with E-state index < -0.39 is 0 Å². The lowest BCUT2D eigenvalue weighted by molar-refractivity contribution is 0.547. The van der Waals surface area contributed by atoms with Crippen LogP contribution in [0.25, 0.3) is 0 Å². The molecule has 0 saturated heterocycles. The van der Waals surface area contributed by atoms with Crippen molar-refractivity contribution in [3.63, 3.8) is 0 Å². The molecule has 2 rings (SSSR count). The molecule has 0 spiro atoms. The van der Waals surface area contributed by atoms with E-state index in [1.54, 1.807) is 0 Å². The summed E-state index contributed by atoms with van der Waals surface area (Å²) >= 11 is 0. The van der Waals surface area contributed by atoms with Crippen LogP contribution in [0.15, 0.2) is 42.7 Å². The van der Waals surface area contributed by atoms with Crippen molar-refractivity contribution in [1.29, 1.82) is 0 Å². The van der Waals surface area contributed by atoms with E-state index in [-0.39, 0.29) is 11.5 Å². The summed E-state index contributed by atoms with van der Waals surface area (Å²) in [6.07, 6.45) is 4.56. The van der Waals surface area contributed by atoms with Crippen LogP contribution in [0.5, 0.6) is 0 Å². The number of nitrogens with two attached hydrogens (primary N) is 1. The van der Waals surface area contributed by atoms with E-state index in [2.05, 4.69) is 62.4 Å². The van der Waals surface area contributed by atoms with Crippen molar-refractivity contribution in [3.8, 4) is 0 Å². The van der Waals surface area contributed by atoms with Crippen LogP contribution in [0.2, 0.25) is 0 Å². The number of nitrogens with zero attached hydrogens (tertiary/aromatic N) is 1. The number of hydrogen-bond donors (Lipinski definition) is 2. The molecule has 0 aliphatic rings. The Bertz CT molecular complexity index is 582. The Kier molecular flexibility index (Phi) is 4.76. The van der Waals surface area contributed by atoms with Crippen molar-refractivity contribution in [3.05, 3.63) is 65.0 Å². The molecule has 3 N–H and O–H groups in total. The second-order valence-electron chi connectivity index (χ2n) is 6.60. The lowest BCUT2D eigenvalue weighted by atomic mass is 9.86. The Hall–Kier alpha value is -1.71. The highest BCUT2D eigenvalue weighted by Gasteiger charge is 2.15. The standard InChI is InChI=1S/C18H25N3/c1-13-12-20-10-9-16(13)17(21-19)11-14-5-7-15(8-6-14)18(2,3)4/h5-10,12,17,21H,11,19H2,1-4H3. The first-order valence-electron chi connectivity index (χ1n) is 7.38. The number of hydrogen-bond acceptors (Lipinski definition) is 3. The Balaban J connectivity index is 2.18. The molecule has 0 amide bonds. The Morgan fingerprint density at radius 1 is 1.14 bits per heavy atom. The topological polar surface area (TPSA) is 50.9 Å². The number of benzene rings is 1. The molecule has 3 nitrogen and oxygen atoms in total. The van der Waals surface area contributed by atoms with Gasteiger partial charge in [0.2, 0.25) is 0 Å². The van der Waals surface area contributed by atoms with Crippen molar-refractivity contribution in [2.45, 2.75) is 45.6 Å². The summed E-state index contributed by atoms with van der Waals surface area (Å²) in [5.74, 6) is 5.75. The predicted octanol–water partition coefficient (Wildman–Crippen LogP) is 3.43. The first-order valence-corrected chi connectivity index (χ1v) is 7.38. The second kappa shape index (κ2) is 6.37. The molecular formula is C18H25N3. The SMILES string of the molecule is Cc1cnccc1C(Cc1ccc(C(C)(C)C)cc1)NN. The molecule has 1 heterocycles. The number of aromatic nitrogens is 1. The largest absolute Gasteiger partial charge is 0.271 e. The lowest BCUT2D eigenvalue weighted by Crippen LogP contribution is -2.30. The highest BCUT2D eigenvalue weighted by molar-refractivity contribution is 5.31. The zero-order valence-corrected chi connectivity index (χ0v) is 13.4. The molecular weight excluding hydrogens is 258 g/mol. The Morgan fingerprint density at radius 3 is 2.33 bits per heavy atom. The van der Waals surface area contributed by atoms with Crippen molar-refractivity contribution in [2.24, 2.45) is 5.84 Å². The molecule has 1 atom stereocenters. The first kappa shape index (κ1) is 15.7. The summed E-state index contributed by atoms with van der Waals surface area (Å²) in [4.78, 5) is 4.14. The van der Waals surface area contributed by atoms with E-state index in [1.165, 1.54) is 16.7 Å². The summed E-state index contributed by atoms with van der Waals surface area (Å²) in [5.41, 5.74) is 8.10. The van der Waals surface area contributed by atoms with Crippen LogP contribution in [-0.2, 0) is 11.8 Å². The fourth-order valence-electron chi connectivity index (χ4n) is 2.51. The number of rotatable bonds is 4. The summed E-state index contributed by atoms with van der Waals surface area (Å²) in [6.45, 7) is 8.75. The molecule has 0 aliphatic heterocycles. The van der Waals surface area contributed by atoms with E-state index in [4.69, 9.17) is 5.84 Å². The highest BCUT2D eigenvalue weighted by Crippen LogP contribution is 2.24. The maximum absolute atomic E-state index is 5.75. The number of hydrazine groups is 1. The predicted molar refractivity (Wildman–Crippen MR) is 87.9 cm³/mol. The van der Waals surface area contributed by atoms with Gasteiger partial charge in [0.15, 0.2) is 0 Å². The fourth-order valence-corrected chi connectivity index (χ4v) is 2.51. The van der Waals surface area contributed by atoms with Gasteiger partial charge in [0, 0.05) is 12.4 Å². The van der Waals surface area contributed by atoms with Gasteiger partial charge in [0.05, 0.1) is 6.04 Å². The summed E-state index contributed by atoms with van der Waals surface area (Å²) < 4.78 is 0. The maximum atomic E-state index is 5.75. The molecule has 0 bridgehead atoms. The number of aryl methyl sites for hydroxylation is 1. The average molecular weight is 283 g/mol. The van der Waals surface area contributed by atoms with Crippen molar-refractivity contribution in [1.82, 2.24) is 10.4 Å². The molecule has 1 aromatic carbocycles. The normalized spacial score (nSPS) is 13.2. The third kappa shape index (κ3) is 3.90. The zero-order chi connectivity index (χ0) is 15.5. The van der Waals surface area contributed by atoms with Gasteiger partial charge in [-0.1, -0.05) is 45.0 Å². The van der Waals surface area contributed by atoms with Crippen LogP contribution in [-0.4, -0.2) is 4.98 Å². The number of nitrogens with one attached hydrogen (secondary N) is 1. The average Bonchev–Trinajstić information content (AvgIpc) is 2.45. The molecule has 21 heavy (non-hydrogen) atoms. The molecule has 112 valence electrons. The fraction of sp³-hybridized carbons (Fsp3) is 0.389. The lowest BCUT2D eigenvalue weighted by Gasteiger charge is -2.21. The zero-order valence-electron chi connectivity index (χ0n) is 13.4. The summed E-state index contributed by atoms with van der Waals surface area (Å²) in [6, 6.07) is 10.9. The Labute approximate surface area is 127 Å². The van der Waals surface area contributed by atoms with Crippen LogP contribution in [0, 0.1) is 6.92 Å². The van der Waals surface area contributed by atoms with Gasteiger partial charge in [0.1, 0.15) is 0 Å². The van der Waals surface area contributed by atoms with Gasteiger partial charge < -0.3 is 0 Å². The molecule has 1 unspecified atom stereocenters. The van der Waals surface area contributed by atoms with Gasteiger partial charge in [-0.25, -0.2) is 0 Å². The summed E-state index contributed by atoms with van der Waals surface area (Å²) in [5, 5.41) is 0. The van der Waals surface area contributed by atoms with Gasteiger partial charge in [-0.2, -0.15) is 0 Å². The van der Waals surface area contributed by atoms with Crippen molar-refractivity contribution in [2.75, 3.05) is 0 Å². The highest BCUT2D eigenvalue weighted by atomic mass is 15.2. The minimum Gasteiger partial charge on any atom is -0.271 e. The van der Waals surface area contributed by atoms with E-state index in [9.17, 15) is 0 Å². The van der Waals surface area contributed by atoms with Crippen LogP contribution >= 0.6 is 0 Å². The van der Waals surface area contributed by atoms with Gasteiger partial charge >= 0.3 is 0 Å². The first-order chi connectivity index (χ1) is 9.91. The molecule has 0 saturated carbocycles. The third-order valence-electron chi connectivity index (χ3n) is 3.90. The third-order valence-corrected chi connectivity index (χ3v) is 3.90. The van der Waals surface area contributed by atoms with Crippen LogP contribution < -0.4 is 11.3 Å². The van der Waals surface area contributed by atoms with E-state index in [1.807, 2.05) is 18.5 Å². The minimum atomic E-state index is 0.105. The molecule has 1 aromatic heterocycles. The van der Waals surface area contributed by atoms with Gasteiger partial charge in [-0.3, -0.25) is 16.3 Å². The van der Waals surface area contributed by atoms with Crippen LogP contribution in [0.1, 0.15) is 49.1 Å². The van der Waals surface area contributed by atoms with Gasteiger partial charge in [-0.05, 0) is 47.1 Å². The van der Waals surface area contributed by atoms with Crippen LogP contribution in [0.4, 0.5) is 0 Å². The van der Waals surface area contributed by atoms with E-state index in [0.717, 1.165) is 12.0 Å². The second-order valence-corrected chi connectivity index (χ2v) is 6.60. The Morgan fingerprint density at radius 2 is 1.81 bits per heavy atom. The summed E-state index contributed by atoms with van der Waals surface area (Å²) in [7, 11) is 0. The monoisotopic (exact) mass is 283 g/mol. The molecule has 2 aromatic rings. The molecule has 0 radical (unpaired) electrons. The van der Waals surface area contributed by atoms with Gasteiger partial charge in [0.25, 0.3) is 0 Å². The minimum absolute atomic E-state index is 0.105. The van der Waals surface area contributed by atoms with Crippen molar-refractivity contribution >= 4 is 0 Å². The van der Waals surface area contributed by atoms with Crippen LogP contribution in [0.3, 0.4) is 0 Å². The van der Waals surface area contributed by atoms with E-state index >= 15 is 0 Å². The maximum Gasteiger partial charge on any atom is 0.0504 e. The van der Waals surface area contributed by atoms with Crippen molar-refractivity contribution < 1.29 is 0 Å².